The summed E-state index contributed by atoms with van der Waals surface area (Å²) in [4.78, 5) is 28.6. The first-order valence-electron chi connectivity index (χ1n) is 8.20. The summed E-state index contributed by atoms with van der Waals surface area (Å²) < 4.78 is 0. The molecule has 124 valence electrons. The second kappa shape index (κ2) is 6.83. The zero-order valence-electron chi connectivity index (χ0n) is 14.0. The van der Waals surface area contributed by atoms with Crippen molar-refractivity contribution in [3.63, 3.8) is 0 Å². The first-order valence-corrected chi connectivity index (χ1v) is 8.20. The number of amides is 2. The lowest BCUT2D eigenvalue weighted by Crippen LogP contribution is -2.18. The number of benzene rings is 1. The lowest BCUT2D eigenvalue weighted by Gasteiger charge is -2.15. The largest absolute Gasteiger partial charge is 0.355 e. The van der Waals surface area contributed by atoms with E-state index in [4.69, 9.17) is 0 Å². The minimum Gasteiger partial charge on any atom is -0.355 e. The molecule has 5 nitrogen and oxygen atoms in total. The van der Waals surface area contributed by atoms with Crippen LogP contribution >= 0.6 is 0 Å². The molecule has 1 aromatic heterocycles. The van der Waals surface area contributed by atoms with Gasteiger partial charge in [-0.1, -0.05) is 0 Å². The molecular formula is C19H21N3O2. The van der Waals surface area contributed by atoms with Gasteiger partial charge in [-0.3, -0.25) is 14.6 Å². The third-order valence-corrected chi connectivity index (χ3v) is 4.40. The van der Waals surface area contributed by atoms with E-state index in [1.165, 1.54) is 12.0 Å². The highest BCUT2D eigenvalue weighted by atomic mass is 16.2. The van der Waals surface area contributed by atoms with Crippen molar-refractivity contribution in [1.82, 2.24) is 10.3 Å². The molecule has 0 fully saturated rings. The van der Waals surface area contributed by atoms with Crippen molar-refractivity contribution in [3.05, 3.63) is 58.4 Å². The number of aryl methyl sites for hydroxylation is 3. The zero-order valence-corrected chi connectivity index (χ0v) is 14.0. The van der Waals surface area contributed by atoms with Gasteiger partial charge in [-0.25, -0.2) is 0 Å². The molecule has 5 heteroatoms. The Morgan fingerprint density at radius 2 is 1.83 bits per heavy atom. The van der Waals surface area contributed by atoms with Crippen LogP contribution in [-0.4, -0.2) is 23.8 Å². The maximum Gasteiger partial charge on any atom is 0.257 e. The number of pyridine rings is 1. The van der Waals surface area contributed by atoms with Crippen LogP contribution < -0.4 is 10.6 Å². The monoisotopic (exact) mass is 323 g/mol. The topological polar surface area (TPSA) is 71.1 Å². The number of anilines is 1. The Morgan fingerprint density at radius 1 is 1.04 bits per heavy atom. The summed E-state index contributed by atoms with van der Waals surface area (Å²) >= 11 is 0. The molecule has 0 saturated heterocycles. The summed E-state index contributed by atoms with van der Waals surface area (Å²) in [5, 5.41) is 5.50. The van der Waals surface area contributed by atoms with Gasteiger partial charge in [-0.2, -0.15) is 0 Å². The Kier molecular flexibility index (Phi) is 4.60. The van der Waals surface area contributed by atoms with E-state index in [1.807, 2.05) is 13.0 Å². The van der Waals surface area contributed by atoms with E-state index in [0.29, 0.717) is 16.8 Å². The summed E-state index contributed by atoms with van der Waals surface area (Å²) in [6, 6.07) is 7.17. The lowest BCUT2D eigenvalue weighted by atomic mass is 9.95. The second-order valence-corrected chi connectivity index (χ2v) is 6.10. The van der Waals surface area contributed by atoms with Gasteiger partial charge >= 0.3 is 0 Å². The van der Waals surface area contributed by atoms with Gasteiger partial charge in [-0.15, -0.1) is 0 Å². The van der Waals surface area contributed by atoms with E-state index in [0.717, 1.165) is 30.5 Å². The van der Waals surface area contributed by atoms with E-state index in [1.54, 1.807) is 31.4 Å². The number of carbonyl (C=O) groups excluding carboxylic acids is 2. The summed E-state index contributed by atoms with van der Waals surface area (Å²) in [6.45, 7) is 1.87. The fraction of sp³-hybridized carbons (Fsp3) is 0.316. The Bertz CT molecular complexity index is 799. The molecule has 0 spiro atoms. The normalized spacial score (nSPS) is 13.1. The summed E-state index contributed by atoms with van der Waals surface area (Å²) in [6.07, 6.45) is 5.95. The number of rotatable bonds is 3. The maximum atomic E-state index is 12.5. The standard InChI is InChI=1S/C19H21N3O2/c1-12-9-14(18(23)20-2)7-8-16(12)22-19(24)15-10-13-5-3-4-6-17(13)21-11-15/h7-11H,3-6H2,1-2H3,(H,20,23)(H,22,24). The van der Waals surface area contributed by atoms with Crippen LogP contribution in [0.25, 0.3) is 0 Å². The molecule has 2 amide bonds. The van der Waals surface area contributed by atoms with Gasteiger partial charge in [0.2, 0.25) is 0 Å². The molecule has 1 heterocycles. The SMILES string of the molecule is CNC(=O)c1ccc(NC(=O)c2cnc3c(c2)CCCC3)c(C)c1. The molecule has 0 aliphatic heterocycles. The van der Waals surface area contributed by atoms with Gasteiger partial charge in [-0.05, 0) is 68.0 Å². The van der Waals surface area contributed by atoms with Crippen LogP contribution in [0.15, 0.2) is 30.5 Å². The lowest BCUT2D eigenvalue weighted by molar-refractivity contribution is 0.0962. The van der Waals surface area contributed by atoms with Gasteiger partial charge in [0.05, 0.1) is 5.56 Å². The molecule has 2 aromatic rings. The van der Waals surface area contributed by atoms with Crippen LogP contribution in [-0.2, 0) is 12.8 Å². The Balaban J connectivity index is 1.78. The van der Waals surface area contributed by atoms with Crippen molar-refractivity contribution in [2.75, 3.05) is 12.4 Å². The van der Waals surface area contributed by atoms with Gasteiger partial charge < -0.3 is 10.6 Å². The average molecular weight is 323 g/mol. The Hall–Kier alpha value is -2.69. The molecule has 1 aliphatic rings. The van der Waals surface area contributed by atoms with Crippen LogP contribution in [0.3, 0.4) is 0 Å². The first kappa shape index (κ1) is 16.2. The van der Waals surface area contributed by atoms with Gasteiger partial charge in [0.15, 0.2) is 0 Å². The molecule has 0 saturated carbocycles. The number of hydrogen-bond donors (Lipinski definition) is 2. The molecule has 0 bridgehead atoms. The Labute approximate surface area is 141 Å². The fourth-order valence-corrected chi connectivity index (χ4v) is 3.00. The van der Waals surface area contributed by atoms with Crippen molar-refractivity contribution < 1.29 is 9.59 Å². The van der Waals surface area contributed by atoms with Gasteiger partial charge in [0.1, 0.15) is 0 Å². The number of nitrogens with one attached hydrogen (secondary N) is 2. The highest BCUT2D eigenvalue weighted by molar-refractivity contribution is 6.05. The van der Waals surface area contributed by atoms with Crippen LogP contribution in [0, 0.1) is 6.92 Å². The first-order chi connectivity index (χ1) is 11.6. The van der Waals surface area contributed by atoms with Crippen LogP contribution in [0.2, 0.25) is 0 Å². The van der Waals surface area contributed by atoms with Crippen molar-refractivity contribution in [1.29, 1.82) is 0 Å². The number of aromatic nitrogens is 1. The predicted molar refractivity (Wildman–Crippen MR) is 93.4 cm³/mol. The van der Waals surface area contributed by atoms with E-state index in [-0.39, 0.29) is 11.8 Å². The quantitative estimate of drug-likeness (QED) is 0.912. The fourth-order valence-electron chi connectivity index (χ4n) is 3.00. The molecule has 2 N–H and O–H groups in total. The maximum absolute atomic E-state index is 12.5. The summed E-state index contributed by atoms with van der Waals surface area (Å²) in [7, 11) is 1.59. The highest BCUT2D eigenvalue weighted by Crippen LogP contribution is 2.21. The van der Waals surface area contributed by atoms with Gasteiger partial charge in [0, 0.05) is 30.2 Å². The molecule has 1 aromatic carbocycles. The molecule has 0 atom stereocenters. The molecule has 24 heavy (non-hydrogen) atoms. The predicted octanol–water partition coefficient (Wildman–Crippen LogP) is 2.88. The Morgan fingerprint density at radius 3 is 2.58 bits per heavy atom. The number of hydrogen-bond acceptors (Lipinski definition) is 3. The van der Waals surface area contributed by atoms with E-state index >= 15 is 0 Å². The second-order valence-electron chi connectivity index (χ2n) is 6.10. The molecule has 0 unspecified atom stereocenters. The molecule has 1 aliphatic carbocycles. The minimum atomic E-state index is -0.174. The highest BCUT2D eigenvalue weighted by Gasteiger charge is 2.15. The van der Waals surface area contributed by atoms with Crippen LogP contribution in [0.5, 0.6) is 0 Å². The van der Waals surface area contributed by atoms with Crippen LogP contribution in [0.1, 0.15) is 50.4 Å². The number of nitrogens with zero attached hydrogens (tertiary/aromatic N) is 1. The minimum absolute atomic E-state index is 0.144. The van der Waals surface area contributed by atoms with Gasteiger partial charge in [0.25, 0.3) is 11.8 Å². The molecular weight excluding hydrogens is 302 g/mol. The van der Waals surface area contributed by atoms with Crippen molar-refractivity contribution in [2.24, 2.45) is 0 Å². The van der Waals surface area contributed by atoms with E-state index < -0.39 is 0 Å². The van der Waals surface area contributed by atoms with Crippen molar-refractivity contribution in [3.8, 4) is 0 Å². The van der Waals surface area contributed by atoms with Crippen molar-refractivity contribution in [2.45, 2.75) is 32.6 Å². The van der Waals surface area contributed by atoms with Crippen LogP contribution in [0.4, 0.5) is 5.69 Å². The number of fused-ring (bicyclic) bond motifs is 1. The summed E-state index contributed by atoms with van der Waals surface area (Å²) in [5.41, 5.74) is 4.99. The summed E-state index contributed by atoms with van der Waals surface area (Å²) in [5.74, 6) is -0.318. The molecule has 3 rings (SSSR count). The molecule has 0 radical (unpaired) electrons. The zero-order chi connectivity index (χ0) is 17.1. The van der Waals surface area contributed by atoms with E-state index in [2.05, 4.69) is 15.6 Å². The number of carbonyl (C=O) groups is 2. The van der Waals surface area contributed by atoms with E-state index in [9.17, 15) is 9.59 Å². The average Bonchev–Trinajstić information content (AvgIpc) is 2.62. The third-order valence-electron chi connectivity index (χ3n) is 4.40. The van der Waals surface area contributed by atoms with Crippen molar-refractivity contribution >= 4 is 17.5 Å². The third kappa shape index (κ3) is 3.30. The smallest absolute Gasteiger partial charge is 0.257 e.